The van der Waals surface area contributed by atoms with Crippen molar-refractivity contribution in [3.8, 4) is 5.75 Å². The summed E-state index contributed by atoms with van der Waals surface area (Å²) in [7, 11) is -3.29. The van der Waals surface area contributed by atoms with Gasteiger partial charge in [-0.1, -0.05) is 0 Å². The van der Waals surface area contributed by atoms with Crippen molar-refractivity contribution in [1.29, 1.82) is 0 Å². The molecule has 0 atom stereocenters. The molecule has 82 valence electrons. The summed E-state index contributed by atoms with van der Waals surface area (Å²) in [6, 6.07) is 3.37. The molecule has 5 nitrogen and oxygen atoms in total. The number of fused-ring (bicyclic) bond motifs is 1. The Hall–Kier alpha value is -1.43. The molecule has 6 heteroatoms. The standard InChI is InChI=1S/C9H12N2O3S/c1-15(12,13)11-8-4-6-2-3-14-9(6)5-7(8)10/h4-5,11H,2-3,10H2,1H3. The lowest BCUT2D eigenvalue weighted by Crippen LogP contribution is -2.11. The molecule has 1 heterocycles. The van der Waals surface area contributed by atoms with Gasteiger partial charge in [0, 0.05) is 12.5 Å². The number of hydrogen-bond acceptors (Lipinski definition) is 4. The second kappa shape index (κ2) is 3.30. The van der Waals surface area contributed by atoms with Crippen molar-refractivity contribution in [2.75, 3.05) is 23.3 Å². The van der Waals surface area contributed by atoms with Crippen LogP contribution in [0, 0.1) is 0 Å². The van der Waals surface area contributed by atoms with Gasteiger partial charge < -0.3 is 10.5 Å². The number of sulfonamides is 1. The van der Waals surface area contributed by atoms with Crippen LogP contribution in [0.25, 0.3) is 0 Å². The molecular weight excluding hydrogens is 216 g/mol. The van der Waals surface area contributed by atoms with Gasteiger partial charge in [-0.15, -0.1) is 0 Å². The molecule has 3 N–H and O–H groups in total. The molecule has 1 aromatic carbocycles. The van der Waals surface area contributed by atoms with Crippen LogP contribution in [-0.4, -0.2) is 21.3 Å². The Kier molecular flexibility index (Phi) is 2.22. The van der Waals surface area contributed by atoms with Crippen LogP contribution in [0.2, 0.25) is 0 Å². The first-order valence-electron chi connectivity index (χ1n) is 4.49. The molecule has 0 unspecified atom stereocenters. The van der Waals surface area contributed by atoms with Crippen molar-refractivity contribution < 1.29 is 13.2 Å². The summed E-state index contributed by atoms with van der Waals surface area (Å²) in [6.07, 6.45) is 1.88. The van der Waals surface area contributed by atoms with Gasteiger partial charge in [-0.2, -0.15) is 0 Å². The maximum Gasteiger partial charge on any atom is 0.229 e. The molecule has 0 aliphatic carbocycles. The van der Waals surface area contributed by atoms with Crippen LogP contribution >= 0.6 is 0 Å². The van der Waals surface area contributed by atoms with E-state index in [4.69, 9.17) is 10.5 Å². The highest BCUT2D eigenvalue weighted by Crippen LogP contribution is 2.33. The molecule has 2 rings (SSSR count). The number of benzene rings is 1. The summed E-state index contributed by atoms with van der Waals surface area (Å²) in [5.41, 5.74) is 7.47. The fourth-order valence-corrected chi connectivity index (χ4v) is 2.11. The Morgan fingerprint density at radius 3 is 2.87 bits per heavy atom. The number of hydrogen-bond donors (Lipinski definition) is 2. The third-order valence-electron chi connectivity index (χ3n) is 2.16. The van der Waals surface area contributed by atoms with Gasteiger partial charge in [0.15, 0.2) is 0 Å². The average molecular weight is 228 g/mol. The van der Waals surface area contributed by atoms with Crippen molar-refractivity contribution in [2.24, 2.45) is 0 Å². The molecule has 0 radical (unpaired) electrons. The predicted octanol–water partition coefficient (Wildman–Crippen LogP) is 0.575. The number of nitrogens with one attached hydrogen (secondary N) is 1. The van der Waals surface area contributed by atoms with Gasteiger partial charge in [-0.3, -0.25) is 4.72 Å². The molecular formula is C9H12N2O3S. The van der Waals surface area contributed by atoms with E-state index < -0.39 is 10.0 Å². The molecule has 0 fully saturated rings. The lowest BCUT2D eigenvalue weighted by molar-refractivity contribution is 0.357. The highest BCUT2D eigenvalue weighted by atomic mass is 32.2. The number of ether oxygens (including phenoxy) is 1. The van der Waals surface area contributed by atoms with E-state index in [0.29, 0.717) is 18.0 Å². The van der Waals surface area contributed by atoms with Crippen LogP contribution in [0.5, 0.6) is 5.75 Å². The van der Waals surface area contributed by atoms with Crippen LogP contribution in [0.1, 0.15) is 5.56 Å². The number of anilines is 2. The van der Waals surface area contributed by atoms with Gasteiger partial charge >= 0.3 is 0 Å². The predicted molar refractivity (Wildman–Crippen MR) is 58.5 cm³/mol. The molecule has 0 bridgehead atoms. The number of nitrogens with two attached hydrogens (primary N) is 1. The molecule has 1 aliphatic heterocycles. The summed E-state index contributed by atoms with van der Waals surface area (Å²) in [4.78, 5) is 0. The van der Waals surface area contributed by atoms with Crippen molar-refractivity contribution >= 4 is 21.4 Å². The van der Waals surface area contributed by atoms with Gasteiger partial charge in [-0.25, -0.2) is 8.42 Å². The lowest BCUT2D eigenvalue weighted by Gasteiger charge is -2.09. The van der Waals surface area contributed by atoms with E-state index in [1.165, 1.54) is 0 Å². The monoisotopic (exact) mass is 228 g/mol. The summed E-state index contributed by atoms with van der Waals surface area (Å²) in [5.74, 6) is 0.742. The van der Waals surface area contributed by atoms with Crippen LogP contribution in [0.3, 0.4) is 0 Å². The van der Waals surface area contributed by atoms with Gasteiger partial charge in [0.2, 0.25) is 10.0 Å². The zero-order chi connectivity index (χ0) is 11.1. The largest absolute Gasteiger partial charge is 0.493 e. The SMILES string of the molecule is CS(=O)(=O)Nc1cc2c(cc1N)OCC2. The molecule has 1 aliphatic rings. The van der Waals surface area contributed by atoms with Crippen LogP contribution in [0.4, 0.5) is 11.4 Å². The average Bonchev–Trinajstić information content (AvgIpc) is 2.49. The quantitative estimate of drug-likeness (QED) is 0.725. The highest BCUT2D eigenvalue weighted by molar-refractivity contribution is 7.92. The topological polar surface area (TPSA) is 81.4 Å². The maximum atomic E-state index is 11.1. The minimum atomic E-state index is -3.29. The minimum absolute atomic E-state index is 0.376. The van der Waals surface area contributed by atoms with E-state index in [-0.39, 0.29) is 0 Å². The van der Waals surface area contributed by atoms with Crippen LogP contribution in [0.15, 0.2) is 12.1 Å². The summed E-state index contributed by atoms with van der Waals surface area (Å²) < 4.78 is 29.8. The first kappa shape index (κ1) is 10.1. The Balaban J connectivity index is 2.41. The highest BCUT2D eigenvalue weighted by Gasteiger charge is 2.16. The molecule has 0 spiro atoms. The second-order valence-electron chi connectivity index (χ2n) is 3.52. The summed E-state index contributed by atoms with van der Waals surface area (Å²) in [6.45, 7) is 0.622. The summed E-state index contributed by atoms with van der Waals surface area (Å²) in [5, 5.41) is 0. The number of rotatable bonds is 2. The Morgan fingerprint density at radius 1 is 1.47 bits per heavy atom. The van der Waals surface area contributed by atoms with E-state index >= 15 is 0 Å². The lowest BCUT2D eigenvalue weighted by atomic mass is 10.1. The van der Waals surface area contributed by atoms with Crippen molar-refractivity contribution in [1.82, 2.24) is 0 Å². The number of nitrogen functional groups attached to an aromatic ring is 1. The molecule has 0 aromatic heterocycles. The van der Waals surface area contributed by atoms with Crippen molar-refractivity contribution in [3.63, 3.8) is 0 Å². The van der Waals surface area contributed by atoms with Gasteiger partial charge in [-0.05, 0) is 11.6 Å². The third-order valence-corrected chi connectivity index (χ3v) is 2.75. The summed E-state index contributed by atoms with van der Waals surface area (Å²) >= 11 is 0. The Morgan fingerprint density at radius 2 is 2.20 bits per heavy atom. The van der Waals surface area contributed by atoms with Crippen LogP contribution < -0.4 is 15.2 Å². The van der Waals surface area contributed by atoms with Crippen LogP contribution in [-0.2, 0) is 16.4 Å². The zero-order valence-corrected chi connectivity index (χ0v) is 9.10. The first-order valence-corrected chi connectivity index (χ1v) is 6.38. The Labute approximate surface area is 88.3 Å². The van der Waals surface area contributed by atoms with Gasteiger partial charge in [0.1, 0.15) is 5.75 Å². The van der Waals surface area contributed by atoms with E-state index in [0.717, 1.165) is 24.0 Å². The Bertz CT molecular complexity index is 496. The van der Waals surface area contributed by atoms with Gasteiger partial charge in [0.05, 0.1) is 24.2 Å². The van der Waals surface area contributed by atoms with Crippen molar-refractivity contribution in [2.45, 2.75) is 6.42 Å². The van der Waals surface area contributed by atoms with Gasteiger partial charge in [0.25, 0.3) is 0 Å². The second-order valence-corrected chi connectivity index (χ2v) is 5.27. The molecule has 0 saturated heterocycles. The first-order chi connectivity index (χ1) is 6.96. The normalized spacial score (nSPS) is 14.5. The fraction of sp³-hybridized carbons (Fsp3) is 0.333. The fourth-order valence-electron chi connectivity index (χ4n) is 1.53. The van der Waals surface area contributed by atoms with E-state index in [9.17, 15) is 8.42 Å². The molecule has 15 heavy (non-hydrogen) atoms. The third kappa shape index (κ3) is 2.15. The van der Waals surface area contributed by atoms with E-state index in [1.54, 1.807) is 12.1 Å². The molecule has 1 aromatic rings. The van der Waals surface area contributed by atoms with Crippen molar-refractivity contribution in [3.05, 3.63) is 17.7 Å². The molecule has 0 amide bonds. The molecule has 0 saturated carbocycles. The minimum Gasteiger partial charge on any atom is -0.493 e. The van der Waals surface area contributed by atoms with E-state index in [2.05, 4.69) is 4.72 Å². The zero-order valence-electron chi connectivity index (χ0n) is 8.28. The maximum absolute atomic E-state index is 11.1. The smallest absolute Gasteiger partial charge is 0.229 e. The van der Waals surface area contributed by atoms with E-state index in [1.807, 2.05) is 0 Å².